The number of nitrogens with two attached hydrogens (primary N) is 1. The molecule has 0 radical (unpaired) electrons. The average molecular weight is 292 g/mol. The standard InChI is InChI=1S/C16H18ClNO2/c1-3-8-19-16-10-12(5-7-14(16)18)20-15-9-11(2)4-6-13(15)17/h4-7,9-10H,3,8,18H2,1-2H3. The molecule has 3 nitrogen and oxygen atoms in total. The third-order valence-corrected chi connectivity index (χ3v) is 3.07. The van der Waals surface area contributed by atoms with Crippen LogP contribution in [0.1, 0.15) is 18.9 Å². The molecule has 20 heavy (non-hydrogen) atoms. The van der Waals surface area contributed by atoms with Crippen LogP contribution in [0.4, 0.5) is 5.69 Å². The Hall–Kier alpha value is -1.87. The van der Waals surface area contributed by atoms with Gasteiger partial charge in [0.05, 0.1) is 17.3 Å². The van der Waals surface area contributed by atoms with Crippen molar-refractivity contribution in [2.45, 2.75) is 20.3 Å². The van der Waals surface area contributed by atoms with Gasteiger partial charge in [-0.15, -0.1) is 0 Å². The van der Waals surface area contributed by atoms with E-state index in [0.717, 1.165) is 12.0 Å². The smallest absolute Gasteiger partial charge is 0.146 e. The maximum atomic E-state index is 6.12. The van der Waals surface area contributed by atoms with Crippen molar-refractivity contribution < 1.29 is 9.47 Å². The number of hydrogen-bond acceptors (Lipinski definition) is 3. The topological polar surface area (TPSA) is 44.5 Å². The van der Waals surface area contributed by atoms with Crippen molar-refractivity contribution in [3.63, 3.8) is 0 Å². The third kappa shape index (κ3) is 3.58. The van der Waals surface area contributed by atoms with E-state index in [1.165, 1.54) is 0 Å². The molecule has 2 aromatic rings. The summed E-state index contributed by atoms with van der Waals surface area (Å²) in [6.07, 6.45) is 0.925. The van der Waals surface area contributed by atoms with Crippen LogP contribution < -0.4 is 15.2 Å². The number of benzene rings is 2. The second-order valence-corrected chi connectivity index (χ2v) is 4.99. The summed E-state index contributed by atoms with van der Waals surface area (Å²) in [6.45, 7) is 4.66. The van der Waals surface area contributed by atoms with Gasteiger partial charge in [0.2, 0.25) is 0 Å². The van der Waals surface area contributed by atoms with E-state index in [-0.39, 0.29) is 0 Å². The van der Waals surface area contributed by atoms with Crippen LogP contribution in [0.15, 0.2) is 36.4 Å². The summed E-state index contributed by atoms with van der Waals surface area (Å²) in [7, 11) is 0. The van der Waals surface area contributed by atoms with Gasteiger partial charge in [0.15, 0.2) is 0 Å². The van der Waals surface area contributed by atoms with Gasteiger partial charge in [0.1, 0.15) is 17.2 Å². The molecule has 0 atom stereocenters. The highest BCUT2D eigenvalue weighted by Gasteiger charge is 2.07. The Bertz CT molecular complexity index is 599. The molecule has 0 aliphatic rings. The largest absolute Gasteiger partial charge is 0.491 e. The highest BCUT2D eigenvalue weighted by molar-refractivity contribution is 6.32. The van der Waals surface area contributed by atoms with Crippen molar-refractivity contribution in [3.05, 3.63) is 47.0 Å². The van der Waals surface area contributed by atoms with E-state index < -0.39 is 0 Å². The molecule has 0 fully saturated rings. The Balaban J connectivity index is 2.22. The number of ether oxygens (including phenoxy) is 2. The molecule has 0 heterocycles. The van der Waals surface area contributed by atoms with Crippen molar-refractivity contribution in [1.29, 1.82) is 0 Å². The lowest BCUT2D eigenvalue weighted by molar-refractivity contribution is 0.317. The number of halogens is 1. The molecule has 2 rings (SSSR count). The van der Waals surface area contributed by atoms with Gasteiger partial charge in [-0.3, -0.25) is 0 Å². The molecule has 106 valence electrons. The van der Waals surface area contributed by atoms with Gasteiger partial charge in [-0.05, 0) is 43.2 Å². The van der Waals surface area contributed by atoms with Crippen molar-refractivity contribution in [2.24, 2.45) is 0 Å². The number of nitrogen functional groups attached to an aromatic ring is 1. The first kappa shape index (κ1) is 14.5. The molecule has 0 saturated heterocycles. The Morgan fingerprint density at radius 2 is 1.90 bits per heavy atom. The lowest BCUT2D eigenvalue weighted by Crippen LogP contribution is -1.99. The maximum Gasteiger partial charge on any atom is 0.146 e. The van der Waals surface area contributed by atoms with Gasteiger partial charge in [0.25, 0.3) is 0 Å². The van der Waals surface area contributed by atoms with Crippen molar-refractivity contribution in [2.75, 3.05) is 12.3 Å². The molecule has 0 saturated carbocycles. The molecule has 0 spiro atoms. The molecule has 0 aliphatic carbocycles. The van der Waals surface area contributed by atoms with E-state index in [9.17, 15) is 0 Å². The molecule has 2 N–H and O–H groups in total. The van der Waals surface area contributed by atoms with Gasteiger partial charge in [-0.2, -0.15) is 0 Å². The summed E-state index contributed by atoms with van der Waals surface area (Å²) in [6, 6.07) is 11.0. The second kappa shape index (κ2) is 6.53. The minimum Gasteiger partial charge on any atom is -0.491 e. The van der Waals surface area contributed by atoms with E-state index in [1.54, 1.807) is 18.2 Å². The van der Waals surface area contributed by atoms with Gasteiger partial charge in [-0.25, -0.2) is 0 Å². The number of anilines is 1. The van der Waals surface area contributed by atoms with E-state index in [0.29, 0.717) is 34.6 Å². The predicted molar refractivity (Wildman–Crippen MR) is 82.9 cm³/mol. The first-order chi connectivity index (χ1) is 9.60. The van der Waals surface area contributed by atoms with Crippen molar-refractivity contribution in [1.82, 2.24) is 0 Å². The van der Waals surface area contributed by atoms with Crippen LogP contribution in [0.2, 0.25) is 5.02 Å². The molecular weight excluding hydrogens is 274 g/mol. The summed E-state index contributed by atoms with van der Waals surface area (Å²) in [5, 5.41) is 0.573. The van der Waals surface area contributed by atoms with E-state index in [4.69, 9.17) is 26.8 Å². The lowest BCUT2D eigenvalue weighted by atomic mass is 10.2. The highest BCUT2D eigenvalue weighted by Crippen LogP contribution is 2.33. The van der Waals surface area contributed by atoms with Crippen molar-refractivity contribution >= 4 is 17.3 Å². The third-order valence-electron chi connectivity index (χ3n) is 2.76. The number of hydrogen-bond donors (Lipinski definition) is 1. The number of rotatable bonds is 5. The molecule has 0 unspecified atom stereocenters. The van der Waals surface area contributed by atoms with Crippen LogP contribution in [0.5, 0.6) is 17.2 Å². The summed E-state index contributed by atoms with van der Waals surface area (Å²) in [5.41, 5.74) is 7.55. The summed E-state index contributed by atoms with van der Waals surface area (Å²) in [4.78, 5) is 0. The Labute approximate surface area is 124 Å². The van der Waals surface area contributed by atoms with Gasteiger partial charge in [0, 0.05) is 6.07 Å². The zero-order valence-electron chi connectivity index (χ0n) is 11.7. The lowest BCUT2D eigenvalue weighted by Gasteiger charge is -2.12. The zero-order valence-corrected chi connectivity index (χ0v) is 12.4. The fourth-order valence-corrected chi connectivity index (χ4v) is 1.89. The minimum atomic E-state index is 0.573. The van der Waals surface area contributed by atoms with Crippen LogP contribution in [-0.4, -0.2) is 6.61 Å². The molecule has 0 amide bonds. The first-order valence-corrected chi connectivity index (χ1v) is 6.94. The molecule has 0 bridgehead atoms. The Morgan fingerprint density at radius 3 is 2.65 bits per heavy atom. The van der Waals surface area contributed by atoms with Crippen LogP contribution >= 0.6 is 11.6 Å². The SMILES string of the molecule is CCCOc1cc(Oc2cc(C)ccc2Cl)ccc1N. The quantitative estimate of drug-likeness (QED) is 0.804. The summed E-state index contributed by atoms with van der Waals surface area (Å²) < 4.78 is 11.4. The van der Waals surface area contributed by atoms with E-state index >= 15 is 0 Å². The van der Waals surface area contributed by atoms with E-state index in [2.05, 4.69) is 0 Å². The highest BCUT2D eigenvalue weighted by atomic mass is 35.5. The summed E-state index contributed by atoms with van der Waals surface area (Å²) >= 11 is 6.12. The van der Waals surface area contributed by atoms with Gasteiger partial charge in [-0.1, -0.05) is 24.6 Å². The van der Waals surface area contributed by atoms with Gasteiger partial charge < -0.3 is 15.2 Å². The normalized spacial score (nSPS) is 10.3. The fourth-order valence-electron chi connectivity index (χ4n) is 1.73. The molecule has 2 aromatic carbocycles. The zero-order chi connectivity index (χ0) is 14.5. The molecule has 0 aliphatic heterocycles. The molecule has 4 heteroatoms. The predicted octanol–water partition coefficient (Wildman–Crippen LogP) is 4.81. The Morgan fingerprint density at radius 1 is 1.10 bits per heavy atom. The van der Waals surface area contributed by atoms with Gasteiger partial charge >= 0.3 is 0 Å². The molecular formula is C16H18ClNO2. The first-order valence-electron chi connectivity index (χ1n) is 6.56. The second-order valence-electron chi connectivity index (χ2n) is 4.58. The maximum absolute atomic E-state index is 6.12. The van der Waals surface area contributed by atoms with Crippen LogP contribution in [-0.2, 0) is 0 Å². The van der Waals surface area contributed by atoms with Crippen LogP contribution in [0.25, 0.3) is 0 Å². The van der Waals surface area contributed by atoms with Crippen LogP contribution in [0.3, 0.4) is 0 Å². The minimum absolute atomic E-state index is 0.573. The summed E-state index contributed by atoms with van der Waals surface area (Å²) in [5.74, 6) is 1.91. The van der Waals surface area contributed by atoms with E-state index in [1.807, 2.05) is 32.0 Å². The van der Waals surface area contributed by atoms with Crippen molar-refractivity contribution in [3.8, 4) is 17.2 Å². The van der Waals surface area contributed by atoms with Crippen LogP contribution in [0, 0.1) is 6.92 Å². The molecule has 0 aromatic heterocycles. The number of aryl methyl sites for hydroxylation is 1. The average Bonchev–Trinajstić information content (AvgIpc) is 2.43. The Kier molecular flexibility index (Phi) is 4.74. The monoisotopic (exact) mass is 291 g/mol. The fraction of sp³-hybridized carbons (Fsp3) is 0.250.